The first-order chi connectivity index (χ1) is 14.8. The zero-order valence-corrected chi connectivity index (χ0v) is 16.8. The molecule has 1 fully saturated rings. The molecule has 0 amide bonds. The third kappa shape index (κ3) is 3.39. The van der Waals surface area contributed by atoms with Crippen LogP contribution in [0, 0.1) is 5.92 Å². The van der Waals surface area contributed by atoms with Gasteiger partial charge in [0.15, 0.2) is 0 Å². The number of fused-ring (bicyclic) bond motifs is 4. The minimum absolute atomic E-state index is 0.589. The predicted molar refractivity (Wildman–Crippen MR) is 124 cm³/mol. The second-order valence-corrected chi connectivity index (χ2v) is 8.32. The van der Waals surface area contributed by atoms with E-state index in [-0.39, 0.29) is 0 Å². The summed E-state index contributed by atoms with van der Waals surface area (Å²) in [5.41, 5.74) is 8.92. The van der Waals surface area contributed by atoms with E-state index in [0.29, 0.717) is 5.92 Å². The SMILES string of the molecule is C1=CC2=NC1=CC1=NC(=CC3=NC(=CC4=NC(=C2)C=C4)C=C3C2CCCCC2)C=C1. The van der Waals surface area contributed by atoms with E-state index in [1.807, 2.05) is 42.5 Å². The van der Waals surface area contributed by atoms with Crippen LogP contribution in [-0.2, 0) is 0 Å². The van der Waals surface area contributed by atoms with Gasteiger partial charge in [0.2, 0.25) is 0 Å². The molecule has 0 atom stereocenters. The smallest absolute Gasteiger partial charge is 0.0693 e. The maximum atomic E-state index is 4.97. The minimum Gasteiger partial charge on any atom is -0.249 e. The molecule has 5 aliphatic heterocycles. The van der Waals surface area contributed by atoms with Crippen LogP contribution in [0.25, 0.3) is 0 Å². The highest BCUT2D eigenvalue weighted by molar-refractivity contribution is 6.16. The second-order valence-electron chi connectivity index (χ2n) is 8.32. The fraction of sp³-hybridized carbons (Fsp3) is 0.231. The summed E-state index contributed by atoms with van der Waals surface area (Å²) in [6, 6.07) is 0. The molecular weight excluding hydrogens is 368 g/mol. The maximum Gasteiger partial charge on any atom is 0.0693 e. The highest BCUT2D eigenvalue weighted by Crippen LogP contribution is 2.35. The summed E-state index contributed by atoms with van der Waals surface area (Å²) in [5.74, 6) is 0.589. The standard InChI is InChI=1S/C26H22N4/c1-2-4-17(5-3-1)25-15-24-14-22-9-8-20(28-22)12-18-6-7-19(27-18)13-21-10-11-23(29-21)16-26(25)30-24/h6-17H,1-5H2. The van der Waals surface area contributed by atoms with Crippen LogP contribution in [0.4, 0.5) is 0 Å². The number of nitrogens with zero attached hydrogens (tertiary/aromatic N) is 4. The average Bonchev–Trinajstić information content (AvgIpc) is 3.53. The Balaban J connectivity index is 1.46. The molecule has 4 nitrogen and oxygen atoms in total. The van der Waals surface area contributed by atoms with E-state index in [9.17, 15) is 0 Å². The number of hydrogen-bond donors (Lipinski definition) is 0. The lowest BCUT2D eigenvalue weighted by atomic mass is 9.82. The minimum atomic E-state index is 0.589. The monoisotopic (exact) mass is 390 g/mol. The van der Waals surface area contributed by atoms with Gasteiger partial charge < -0.3 is 0 Å². The molecule has 0 radical (unpaired) electrons. The van der Waals surface area contributed by atoms with Gasteiger partial charge in [0.1, 0.15) is 0 Å². The molecule has 0 aromatic rings. The molecule has 0 aromatic carbocycles. The van der Waals surface area contributed by atoms with Crippen LogP contribution < -0.4 is 0 Å². The summed E-state index contributed by atoms with van der Waals surface area (Å²) >= 11 is 0. The lowest BCUT2D eigenvalue weighted by Crippen LogP contribution is -2.13. The Bertz CT molecular complexity index is 1190. The Morgan fingerprint density at radius 1 is 0.500 bits per heavy atom. The van der Waals surface area contributed by atoms with Crippen LogP contribution in [-0.4, -0.2) is 22.8 Å². The molecule has 4 heteroatoms. The van der Waals surface area contributed by atoms with Crippen LogP contribution in [0.15, 0.2) is 115 Å². The first-order valence-corrected chi connectivity index (χ1v) is 10.8. The van der Waals surface area contributed by atoms with Crippen LogP contribution in [0.5, 0.6) is 0 Å². The topological polar surface area (TPSA) is 49.4 Å². The Labute approximate surface area is 176 Å². The Kier molecular flexibility index (Phi) is 4.15. The van der Waals surface area contributed by atoms with Gasteiger partial charge in [-0.3, -0.25) is 0 Å². The van der Waals surface area contributed by atoms with Gasteiger partial charge in [0.25, 0.3) is 0 Å². The molecule has 6 rings (SSSR count). The summed E-state index contributed by atoms with van der Waals surface area (Å²) in [7, 11) is 0. The van der Waals surface area contributed by atoms with E-state index in [1.165, 1.54) is 37.7 Å². The number of hydrogen-bond acceptors (Lipinski definition) is 4. The molecule has 1 saturated carbocycles. The van der Waals surface area contributed by atoms with Crippen molar-refractivity contribution in [3.05, 3.63) is 95.2 Å². The third-order valence-electron chi connectivity index (χ3n) is 6.11. The second kappa shape index (κ2) is 7.13. The fourth-order valence-electron chi connectivity index (χ4n) is 4.66. The van der Waals surface area contributed by atoms with Crippen molar-refractivity contribution in [3.8, 4) is 0 Å². The van der Waals surface area contributed by atoms with Gasteiger partial charge in [0.05, 0.1) is 45.6 Å². The van der Waals surface area contributed by atoms with Crippen LogP contribution >= 0.6 is 0 Å². The molecule has 0 spiro atoms. The Morgan fingerprint density at radius 3 is 1.63 bits per heavy atom. The van der Waals surface area contributed by atoms with Crippen molar-refractivity contribution in [2.45, 2.75) is 32.1 Å². The van der Waals surface area contributed by atoms with Gasteiger partial charge in [0, 0.05) is 0 Å². The van der Waals surface area contributed by atoms with Crippen LogP contribution in [0.3, 0.4) is 0 Å². The van der Waals surface area contributed by atoms with Gasteiger partial charge in [-0.2, -0.15) is 0 Å². The van der Waals surface area contributed by atoms with Crippen molar-refractivity contribution in [2.24, 2.45) is 25.9 Å². The highest BCUT2D eigenvalue weighted by atomic mass is 14.8. The molecular formula is C26H22N4. The lowest BCUT2D eigenvalue weighted by molar-refractivity contribution is 0.412. The molecule has 5 heterocycles. The first-order valence-electron chi connectivity index (χ1n) is 10.8. The predicted octanol–water partition coefficient (Wildman–Crippen LogP) is 5.53. The average molecular weight is 390 g/mol. The normalized spacial score (nSPS) is 24.6. The molecule has 8 bridgehead atoms. The molecule has 6 aliphatic rings. The molecule has 0 unspecified atom stereocenters. The first kappa shape index (κ1) is 17.5. The number of allylic oxidation sites excluding steroid dienone is 12. The van der Waals surface area contributed by atoms with Gasteiger partial charge >= 0.3 is 0 Å². The van der Waals surface area contributed by atoms with Crippen molar-refractivity contribution < 1.29 is 0 Å². The summed E-state index contributed by atoms with van der Waals surface area (Å²) < 4.78 is 0. The van der Waals surface area contributed by atoms with Gasteiger partial charge in [-0.15, -0.1) is 0 Å². The quantitative estimate of drug-likeness (QED) is 0.565. The fourth-order valence-corrected chi connectivity index (χ4v) is 4.66. The zero-order chi connectivity index (χ0) is 19.9. The van der Waals surface area contributed by atoms with E-state index in [1.54, 1.807) is 0 Å². The van der Waals surface area contributed by atoms with E-state index < -0.39 is 0 Å². The molecule has 0 aromatic heterocycles. The van der Waals surface area contributed by atoms with E-state index in [4.69, 9.17) is 15.0 Å². The van der Waals surface area contributed by atoms with E-state index in [2.05, 4.69) is 29.3 Å². The van der Waals surface area contributed by atoms with Crippen molar-refractivity contribution in [1.82, 2.24) is 0 Å². The third-order valence-corrected chi connectivity index (χ3v) is 6.11. The van der Waals surface area contributed by atoms with Crippen molar-refractivity contribution in [1.29, 1.82) is 0 Å². The molecule has 146 valence electrons. The highest BCUT2D eigenvalue weighted by Gasteiger charge is 2.25. The van der Waals surface area contributed by atoms with Gasteiger partial charge in [-0.25, -0.2) is 20.0 Å². The molecule has 0 N–H and O–H groups in total. The molecule has 1 aliphatic carbocycles. The van der Waals surface area contributed by atoms with Crippen molar-refractivity contribution in [3.63, 3.8) is 0 Å². The van der Waals surface area contributed by atoms with Gasteiger partial charge in [-0.1, -0.05) is 19.3 Å². The zero-order valence-electron chi connectivity index (χ0n) is 16.8. The Morgan fingerprint density at radius 2 is 1.03 bits per heavy atom. The number of rotatable bonds is 1. The van der Waals surface area contributed by atoms with Crippen molar-refractivity contribution >= 4 is 22.8 Å². The number of aliphatic imine (C=N–C) groups is 4. The largest absolute Gasteiger partial charge is 0.249 e. The van der Waals surface area contributed by atoms with Gasteiger partial charge in [-0.05, 0) is 91.2 Å². The van der Waals surface area contributed by atoms with Crippen LogP contribution in [0.2, 0.25) is 0 Å². The summed E-state index contributed by atoms with van der Waals surface area (Å²) in [4.78, 5) is 19.2. The summed E-state index contributed by atoms with van der Waals surface area (Å²) in [6.07, 6.45) is 29.2. The molecule has 0 saturated heterocycles. The summed E-state index contributed by atoms with van der Waals surface area (Å²) in [5, 5.41) is 0. The van der Waals surface area contributed by atoms with E-state index in [0.717, 1.165) is 45.6 Å². The van der Waals surface area contributed by atoms with Crippen molar-refractivity contribution in [2.75, 3.05) is 0 Å². The maximum absolute atomic E-state index is 4.97. The van der Waals surface area contributed by atoms with E-state index >= 15 is 0 Å². The molecule has 30 heavy (non-hydrogen) atoms. The summed E-state index contributed by atoms with van der Waals surface area (Å²) in [6.45, 7) is 0. The lowest BCUT2D eigenvalue weighted by Gasteiger charge is -2.23. The Hall–Kier alpha value is -3.40. The van der Waals surface area contributed by atoms with Crippen LogP contribution in [0.1, 0.15) is 32.1 Å².